The van der Waals surface area contributed by atoms with Crippen LogP contribution in [0.2, 0.25) is 5.02 Å². The number of hydrogen-bond acceptors (Lipinski definition) is 3. The van der Waals surface area contributed by atoms with Crippen LogP contribution in [0.1, 0.15) is 42.2 Å². The second-order valence-electron chi connectivity index (χ2n) is 6.84. The second-order valence-corrected chi connectivity index (χ2v) is 7.25. The number of amides is 1. The SMILES string of the molecule is O=C1CC(c2ccc(O)cc2)C2=C(CC(c3ccccc3Cl)CC2=O)N1. The fraction of sp³-hybridized carbons (Fsp3) is 0.238. The monoisotopic (exact) mass is 367 g/mol. The van der Waals surface area contributed by atoms with Crippen molar-refractivity contribution in [2.75, 3.05) is 0 Å². The van der Waals surface area contributed by atoms with E-state index in [1.165, 1.54) is 0 Å². The highest BCUT2D eigenvalue weighted by molar-refractivity contribution is 6.31. The summed E-state index contributed by atoms with van der Waals surface area (Å²) in [5.41, 5.74) is 3.21. The Balaban J connectivity index is 1.73. The number of aromatic hydroxyl groups is 1. The fourth-order valence-corrected chi connectivity index (χ4v) is 4.27. The Morgan fingerprint density at radius 1 is 0.962 bits per heavy atom. The number of phenols is 1. The number of carbonyl (C=O) groups is 2. The molecule has 1 aliphatic heterocycles. The molecule has 1 amide bonds. The van der Waals surface area contributed by atoms with Crippen LogP contribution < -0.4 is 5.32 Å². The minimum atomic E-state index is -0.265. The first kappa shape index (κ1) is 16.9. The molecule has 0 fully saturated rings. The number of benzene rings is 2. The highest BCUT2D eigenvalue weighted by Crippen LogP contribution is 2.43. The zero-order chi connectivity index (χ0) is 18.3. The van der Waals surface area contributed by atoms with Crippen LogP contribution in [0.25, 0.3) is 0 Å². The van der Waals surface area contributed by atoms with Gasteiger partial charge in [0.25, 0.3) is 0 Å². The number of carbonyl (C=O) groups excluding carboxylic acids is 2. The Labute approximate surface area is 156 Å². The lowest BCUT2D eigenvalue weighted by Gasteiger charge is -2.34. The quantitative estimate of drug-likeness (QED) is 0.841. The van der Waals surface area contributed by atoms with Gasteiger partial charge in [0.2, 0.25) is 5.91 Å². The molecule has 5 heteroatoms. The van der Waals surface area contributed by atoms with Gasteiger partial charge in [-0.3, -0.25) is 9.59 Å². The normalized spacial score (nSPS) is 22.8. The summed E-state index contributed by atoms with van der Waals surface area (Å²) in [6, 6.07) is 14.3. The minimum Gasteiger partial charge on any atom is -0.508 e. The molecule has 0 aromatic heterocycles. The average Bonchev–Trinajstić information content (AvgIpc) is 2.61. The average molecular weight is 368 g/mol. The second kappa shape index (κ2) is 6.61. The van der Waals surface area contributed by atoms with Crippen molar-refractivity contribution < 1.29 is 14.7 Å². The van der Waals surface area contributed by atoms with Gasteiger partial charge in [-0.15, -0.1) is 0 Å². The molecule has 0 spiro atoms. The smallest absolute Gasteiger partial charge is 0.225 e. The van der Waals surface area contributed by atoms with Gasteiger partial charge in [-0.2, -0.15) is 0 Å². The largest absolute Gasteiger partial charge is 0.508 e. The number of halogens is 1. The third-order valence-electron chi connectivity index (χ3n) is 5.18. The molecule has 2 aliphatic rings. The fourth-order valence-electron chi connectivity index (χ4n) is 3.98. The predicted molar refractivity (Wildman–Crippen MR) is 99.1 cm³/mol. The summed E-state index contributed by atoms with van der Waals surface area (Å²) in [7, 11) is 0. The lowest BCUT2D eigenvalue weighted by Crippen LogP contribution is -2.38. The van der Waals surface area contributed by atoms with Crippen molar-refractivity contribution in [3.63, 3.8) is 0 Å². The highest BCUT2D eigenvalue weighted by Gasteiger charge is 2.38. The lowest BCUT2D eigenvalue weighted by molar-refractivity contribution is -0.122. The van der Waals surface area contributed by atoms with Gasteiger partial charge < -0.3 is 10.4 Å². The molecule has 2 unspecified atom stereocenters. The van der Waals surface area contributed by atoms with E-state index in [1.807, 2.05) is 24.3 Å². The summed E-state index contributed by atoms with van der Waals surface area (Å²) < 4.78 is 0. The third kappa shape index (κ3) is 3.01. The first-order chi connectivity index (χ1) is 12.5. The van der Waals surface area contributed by atoms with E-state index in [1.54, 1.807) is 24.3 Å². The zero-order valence-corrected chi connectivity index (χ0v) is 14.8. The molecule has 1 heterocycles. The van der Waals surface area contributed by atoms with Crippen molar-refractivity contribution in [3.05, 3.63) is 76.0 Å². The number of ketones is 1. The minimum absolute atomic E-state index is 0.0335. The molecular weight excluding hydrogens is 350 g/mol. The molecule has 0 saturated heterocycles. The molecule has 2 atom stereocenters. The highest BCUT2D eigenvalue weighted by atomic mass is 35.5. The Bertz CT molecular complexity index is 917. The lowest BCUT2D eigenvalue weighted by atomic mass is 9.73. The van der Waals surface area contributed by atoms with E-state index in [-0.39, 0.29) is 35.7 Å². The van der Waals surface area contributed by atoms with E-state index in [2.05, 4.69) is 5.32 Å². The summed E-state index contributed by atoms with van der Waals surface area (Å²) in [5.74, 6) is -0.173. The zero-order valence-electron chi connectivity index (χ0n) is 14.0. The van der Waals surface area contributed by atoms with E-state index in [0.717, 1.165) is 11.1 Å². The van der Waals surface area contributed by atoms with Gasteiger partial charge in [-0.25, -0.2) is 0 Å². The van der Waals surface area contributed by atoms with Crippen molar-refractivity contribution in [1.82, 2.24) is 5.32 Å². The van der Waals surface area contributed by atoms with E-state index >= 15 is 0 Å². The number of nitrogens with one attached hydrogen (secondary N) is 1. The van der Waals surface area contributed by atoms with Crippen molar-refractivity contribution in [3.8, 4) is 5.75 Å². The summed E-state index contributed by atoms with van der Waals surface area (Å²) in [5, 5.41) is 13.1. The number of Topliss-reactive ketones (excluding diaryl/α,β-unsaturated/α-hetero) is 1. The first-order valence-corrected chi connectivity index (χ1v) is 9.00. The van der Waals surface area contributed by atoms with Crippen LogP contribution in [0, 0.1) is 0 Å². The standard InChI is InChI=1S/C21H18ClNO3/c22-17-4-2-1-3-15(17)13-9-18-21(19(25)10-13)16(11-20(26)23-18)12-5-7-14(24)8-6-12/h1-8,13,16,24H,9-11H2,(H,23,26). The predicted octanol–water partition coefficient (Wildman–Crippen LogP) is 4.05. The molecule has 0 bridgehead atoms. The van der Waals surface area contributed by atoms with Crippen molar-refractivity contribution >= 4 is 23.3 Å². The number of rotatable bonds is 2. The molecule has 0 radical (unpaired) electrons. The van der Waals surface area contributed by atoms with Gasteiger partial charge >= 0.3 is 0 Å². The van der Waals surface area contributed by atoms with Gasteiger partial charge in [-0.1, -0.05) is 41.9 Å². The van der Waals surface area contributed by atoms with Crippen molar-refractivity contribution in [2.24, 2.45) is 0 Å². The molecule has 4 nitrogen and oxygen atoms in total. The summed E-state index contributed by atoms with van der Waals surface area (Å²) in [6.45, 7) is 0. The number of hydrogen-bond donors (Lipinski definition) is 2. The Morgan fingerprint density at radius 2 is 1.69 bits per heavy atom. The summed E-state index contributed by atoms with van der Waals surface area (Å²) >= 11 is 6.31. The van der Waals surface area contributed by atoms with Crippen LogP contribution >= 0.6 is 11.6 Å². The van der Waals surface area contributed by atoms with Gasteiger partial charge in [0.05, 0.1) is 0 Å². The first-order valence-electron chi connectivity index (χ1n) is 8.62. The maximum absolute atomic E-state index is 13.0. The van der Waals surface area contributed by atoms with Crippen LogP contribution in [0.3, 0.4) is 0 Å². The maximum atomic E-state index is 13.0. The van der Waals surface area contributed by atoms with Gasteiger partial charge in [0.1, 0.15) is 5.75 Å². The van der Waals surface area contributed by atoms with Crippen molar-refractivity contribution in [1.29, 1.82) is 0 Å². The van der Waals surface area contributed by atoms with E-state index in [0.29, 0.717) is 29.1 Å². The third-order valence-corrected chi connectivity index (χ3v) is 5.52. The molecule has 26 heavy (non-hydrogen) atoms. The van der Waals surface area contributed by atoms with E-state index in [9.17, 15) is 14.7 Å². The summed E-state index contributed by atoms with van der Waals surface area (Å²) in [6.07, 6.45) is 1.21. The molecular formula is C21H18ClNO3. The Kier molecular flexibility index (Phi) is 4.29. The molecule has 132 valence electrons. The number of phenolic OH excluding ortho intramolecular Hbond substituents is 1. The van der Waals surface area contributed by atoms with Crippen LogP contribution in [0.15, 0.2) is 59.8 Å². The number of allylic oxidation sites excluding steroid dienone is 2. The molecule has 2 aromatic carbocycles. The molecule has 2 N–H and O–H groups in total. The van der Waals surface area contributed by atoms with E-state index in [4.69, 9.17) is 11.6 Å². The molecule has 4 rings (SSSR count). The summed E-state index contributed by atoms with van der Waals surface area (Å²) in [4.78, 5) is 25.2. The Morgan fingerprint density at radius 3 is 2.42 bits per heavy atom. The van der Waals surface area contributed by atoms with Crippen LogP contribution in [0.4, 0.5) is 0 Å². The Hall–Kier alpha value is -2.59. The van der Waals surface area contributed by atoms with Crippen LogP contribution in [-0.2, 0) is 9.59 Å². The molecule has 1 aliphatic carbocycles. The van der Waals surface area contributed by atoms with Crippen molar-refractivity contribution in [2.45, 2.75) is 31.1 Å². The van der Waals surface area contributed by atoms with Gasteiger partial charge in [-0.05, 0) is 41.7 Å². The van der Waals surface area contributed by atoms with E-state index < -0.39 is 0 Å². The maximum Gasteiger partial charge on any atom is 0.225 e. The molecule has 2 aromatic rings. The van der Waals surface area contributed by atoms with Gasteiger partial charge in [0.15, 0.2) is 5.78 Å². The molecule has 0 saturated carbocycles. The van der Waals surface area contributed by atoms with Crippen LogP contribution in [-0.4, -0.2) is 16.8 Å². The van der Waals surface area contributed by atoms with Crippen LogP contribution in [0.5, 0.6) is 5.75 Å². The van der Waals surface area contributed by atoms with Gasteiger partial charge in [0, 0.05) is 35.1 Å². The topological polar surface area (TPSA) is 66.4 Å².